The Morgan fingerprint density at radius 3 is 2.50 bits per heavy atom. The molecule has 6 nitrogen and oxygen atoms in total. The molecule has 1 saturated heterocycles. The Labute approximate surface area is 219 Å². The molecule has 0 aliphatic carbocycles. The fourth-order valence-corrected chi connectivity index (χ4v) is 7.32. The lowest BCUT2D eigenvalue weighted by atomic mass is 9.99. The van der Waals surface area contributed by atoms with E-state index in [1.54, 1.807) is 49.4 Å². The molecule has 1 aliphatic rings. The van der Waals surface area contributed by atoms with Crippen molar-refractivity contribution in [3.63, 3.8) is 0 Å². The molecule has 1 unspecified atom stereocenters. The normalized spacial score (nSPS) is 19.6. The van der Waals surface area contributed by atoms with Crippen LogP contribution >= 0.6 is 10.6 Å². The number of benzene rings is 3. The van der Waals surface area contributed by atoms with Crippen molar-refractivity contribution in [2.75, 3.05) is 11.5 Å². The van der Waals surface area contributed by atoms with Gasteiger partial charge in [0.2, 0.25) is 0 Å². The minimum Gasteiger partial charge on any atom is -0.435 e. The van der Waals surface area contributed by atoms with Gasteiger partial charge >= 0.3 is 6.61 Å². The highest BCUT2D eigenvalue weighted by Gasteiger charge is 2.39. The second kappa shape index (κ2) is 9.68. The summed E-state index contributed by atoms with van der Waals surface area (Å²) in [5, 5.41) is 3.72. The smallest absolute Gasteiger partial charge is 0.387 e. The van der Waals surface area contributed by atoms with Crippen molar-refractivity contribution in [3.05, 3.63) is 83.8 Å². The van der Waals surface area contributed by atoms with Gasteiger partial charge in [-0.3, -0.25) is 13.9 Å². The molecule has 1 amide bonds. The number of nitrogens with one attached hydrogen (secondary N) is 1. The van der Waals surface area contributed by atoms with E-state index in [2.05, 4.69) is 10.1 Å². The zero-order valence-electron chi connectivity index (χ0n) is 20.7. The minimum atomic E-state index is -2.96. The van der Waals surface area contributed by atoms with E-state index in [1.807, 2.05) is 11.5 Å². The quantitative estimate of drug-likeness (QED) is 0.244. The number of nitrogens with zero attached hydrogens (tertiary/aromatic N) is 1. The lowest BCUT2D eigenvalue weighted by Crippen LogP contribution is -2.46. The summed E-state index contributed by atoms with van der Waals surface area (Å²) < 4.78 is 66.0. The topological polar surface area (TPSA) is 83.7 Å². The van der Waals surface area contributed by atoms with Crippen molar-refractivity contribution >= 4 is 27.4 Å². The van der Waals surface area contributed by atoms with Crippen LogP contribution in [0, 0.1) is 12.7 Å². The molecular weight excluding hydrogens is 517 g/mol. The highest BCUT2D eigenvalue weighted by Crippen LogP contribution is 2.50. The van der Waals surface area contributed by atoms with Gasteiger partial charge in [0.25, 0.3) is 5.91 Å². The summed E-state index contributed by atoms with van der Waals surface area (Å²) >= 11 is 0. The maximum Gasteiger partial charge on any atom is 0.387 e. The highest BCUT2D eigenvalue weighted by molar-refractivity contribution is 8.24. The number of hydrogen-bond acceptors (Lipinski definition) is 4. The number of carbonyl (C=O) groups is 1. The van der Waals surface area contributed by atoms with Crippen LogP contribution in [-0.2, 0) is 0 Å². The summed E-state index contributed by atoms with van der Waals surface area (Å²) in [5.41, 5.74) is 3.11. The van der Waals surface area contributed by atoms with E-state index in [9.17, 15) is 27.1 Å². The summed E-state index contributed by atoms with van der Waals surface area (Å²) in [5.74, 6) is -0.389. The van der Waals surface area contributed by atoms with Crippen LogP contribution in [0.4, 0.5) is 13.2 Å². The Bertz CT molecular complexity index is 1520. The Hall–Kier alpha value is -3.47. The Kier molecular flexibility index (Phi) is 6.66. The van der Waals surface area contributed by atoms with Crippen molar-refractivity contribution in [1.29, 1.82) is 0 Å². The number of fused-ring (bicyclic) bond motifs is 1. The number of amides is 1. The Balaban J connectivity index is 1.63. The molecule has 38 heavy (non-hydrogen) atoms. The molecule has 0 radical (unpaired) electrons. The maximum atomic E-state index is 13.7. The number of hydrogen-bond donors (Lipinski definition) is 3. The van der Waals surface area contributed by atoms with Gasteiger partial charge < -0.3 is 14.6 Å². The molecule has 5 rings (SSSR count). The molecule has 0 saturated carbocycles. The third-order valence-corrected chi connectivity index (χ3v) is 8.80. The van der Waals surface area contributed by atoms with Crippen LogP contribution in [0.1, 0.15) is 29.4 Å². The van der Waals surface area contributed by atoms with Gasteiger partial charge in [-0.15, -0.1) is 0 Å². The Morgan fingerprint density at radius 2 is 1.84 bits per heavy atom. The standard InChI is InChI=1S/C28H27F3N2O4S/c1-17-25(18-4-3-5-22(14-18)37-27(30)31)23-11-6-19(26(34)32-28(2)12-13-38(35,36)16-28)15-24(23)33(17)21-9-7-20(29)8-10-21/h3-11,14-15,27,35-36H,12-13,16H2,1-2H3,(H,32,34). The highest BCUT2D eigenvalue weighted by atomic mass is 32.3. The molecule has 3 N–H and O–H groups in total. The molecule has 3 aromatic carbocycles. The van der Waals surface area contributed by atoms with E-state index in [-0.39, 0.29) is 23.2 Å². The fourth-order valence-electron chi connectivity index (χ4n) is 5.16. The molecule has 1 aromatic heterocycles. The first kappa shape index (κ1) is 26.1. The number of carbonyl (C=O) groups excluding carboxylic acids is 1. The number of halogens is 3. The lowest BCUT2D eigenvalue weighted by Gasteiger charge is -2.30. The summed E-state index contributed by atoms with van der Waals surface area (Å²) in [7, 11) is -2.71. The van der Waals surface area contributed by atoms with Gasteiger partial charge in [0.05, 0.1) is 16.8 Å². The molecule has 10 heteroatoms. The number of ether oxygens (including phenoxy) is 1. The van der Waals surface area contributed by atoms with E-state index >= 15 is 0 Å². The number of aromatic nitrogens is 1. The molecular formula is C28H27F3N2O4S. The van der Waals surface area contributed by atoms with Crippen molar-refractivity contribution in [1.82, 2.24) is 9.88 Å². The predicted molar refractivity (Wildman–Crippen MR) is 143 cm³/mol. The molecule has 1 aliphatic heterocycles. The van der Waals surface area contributed by atoms with Crippen molar-refractivity contribution in [3.8, 4) is 22.6 Å². The van der Waals surface area contributed by atoms with Gasteiger partial charge in [-0.05, 0) is 74.4 Å². The largest absolute Gasteiger partial charge is 0.435 e. The van der Waals surface area contributed by atoms with Gasteiger partial charge in [0.1, 0.15) is 11.6 Å². The molecule has 0 spiro atoms. The molecule has 2 heterocycles. The zero-order chi connectivity index (χ0) is 27.2. The van der Waals surface area contributed by atoms with Crippen LogP contribution in [-0.4, -0.2) is 43.2 Å². The van der Waals surface area contributed by atoms with Crippen molar-refractivity contribution < 1.29 is 31.8 Å². The van der Waals surface area contributed by atoms with Gasteiger partial charge in [0.15, 0.2) is 0 Å². The minimum absolute atomic E-state index is 0.0198. The van der Waals surface area contributed by atoms with Gasteiger partial charge in [-0.1, -0.05) is 18.2 Å². The first-order valence-electron chi connectivity index (χ1n) is 12.0. The molecule has 0 bridgehead atoms. The van der Waals surface area contributed by atoms with E-state index in [1.165, 1.54) is 24.3 Å². The van der Waals surface area contributed by atoms with Crippen LogP contribution in [0.3, 0.4) is 0 Å². The number of alkyl halides is 2. The van der Waals surface area contributed by atoms with Gasteiger partial charge in [-0.2, -0.15) is 19.4 Å². The summed E-state index contributed by atoms with van der Waals surface area (Å²) in [6.07, 6.45) is 0.454. The van der Waals surface area contributed by atoms with E-state index in [0.29, 0.717) is 28.8 Å². The first-order valence-corrected chi connectivity index (χ1v) is 13.9. The van der Waals surface area contributed by atoms with Crippen LogP contribution in [0.25, 0.3) is 27.7 Å². The summed E-state index contributed by atoms with van der Waals surface area (Å²) in [6, 6.07) is 17.5. The van der Waals surface area contributed by atoms with Gasteiger partial charge in [-0.25, -0.2) is 4.39 Å². The molecule has 1 fully saturated rings. The van der Waals surface area contributed by atoms with Crippen molar-refractivity contribution in [2.45, 2.75) is 32.4 Å². The van der Waals surface area contributed by atoms with Crippen molar-refractivity contribution in [2.24, 2.45) is 0 Å². The fraction of sp³-hybridized carbons (Fsp3) is 0.250. The lowest BCUT2D eigenvalue weighted by molar-refractivity contribution is -0.0498. The van der Waals surface area contributed by atoms with Gasteiger partial charge in [0, 0.05) is 33.6 Å². The van der Waals surface area contributed by atoms with E-state index in [4.69, 9.17) is 0 Å². The monoisotopic (exact) mass is 544 g/mol. The zero-order valence-corrected chi connectivity index (χ0v) is 21.6. The maximum absolute atomic E-state index is 13.7. The Morgan fingerprint density at radius 1 is 1.11 bits per heavy atom. The first-order chi connectivity index (χ1) is 17.9. The van der Waals surface area contributed by atoms with E-state index < -0.39 is 28.6 Å². The SMILES string of the molecule is Cc1c(-c2cccc(OC(F)F)c2)c2ccc(C(=O)NC3(C)CCS(O)(O)C3)cc2n1-c1ccc(F)cc1. The molecule has 200 valence electrons. The number of rotatable bonds is 6. The third kappa shape index (κ3) is 5.11. The second-order valence-electron chi connectivity index (χ2n) is 9.83. The van der Waals surface area contributed by atoms with Crippen LogP contribution in [0.5, 0.6) is 5.75 Å². The molecule has 1 atom stereocenters. The summed E-state index contributed by atoms with van der Waals surface area (Å²) in [4.78, 5) is 13.3. The second-order valence-corrected chi connectivity index (χ2v) is 12.1. The van der Waals surface area contributed by atoms with E-state index in [0.717, 1.165) is 16.6 Å². The van der Waals surface area contributed by atoms with Crippen LogP contribution in [0.15, 0.2) is 66.7 Å². The van der Waals surface area contributed by atoms with Crippen LogP contribution < -0.4 is 10.1 Å². The van der Waals surface area contributed by atoms with Crippen LogP contribution in [0.2, 0.25) is 0 Å². The molecule has 4 aromatic rings. The predicted octanol–water partition coefficient (Wildman–Crippen LogP) is 6.99. The average Bonchev–Trinajstić information content (AvgIpc) is 3.29. The third-order valence-electron chi connectivity index (χ3n) is 6.85. The average molecular weight is 545 g/mol. The summed E-state index contributed by atoms with van der Waals surface area (Å²) in [6.45, 7) is 0.699.